The molecule has 0 fully saturated rings. The normalized spacial score (nSPS) is 12.5. The van der Waals surface area contributed by atoms with Crippen molar-refractivity contribution in [1.29, 1.82) is 0 Å². The number of nitrogens with zero attached hydrogens (tertiary/aromatic N) is 1. The van der Waals surface area contributed by atoms with Gasteiger partial charge in [0.1, 0.15) is 0 Å². The lowest BCUT2D eigenvalue weighted by Crippen LogP contribution is -2.03. The predicted molar refractivity (Wildman–Crippen MR) is 75.7 cm³/mol. The van der Waals surface area contributed by atoms with Crippen LogP contribution < -0.4 is 0 Å². The molecule has 0 bridgehead atoms. The number of benzene rings is 1. The lowest BCUT2D eigenvalue weighted by molar-refractivity contribution is 0.0699. The molecule has 0 aliphatic rings. The van der Waals surface area contributed by atoms with Crippen molar-refractivity contribution in [3.8, 4) is 0 Å². The van der Waals surface area contributed by atoms with Crippen molar-refractivity contribution in [2.45, 2.75) is 11.9 Å². The predicted octanol–water partition coefficient (Wildman–Crippen LogP) is 2.65. The zero-order valence-electron chi connectivity index (χ0n) is 10.5. The molecule has 0 saturated heterocycles. The Morgan fingerprint density at radius 1 is 1.37 bits per heavy atom. The van der Waals surface area contributed by atoms with E-state index in [-0.39, 0.29) is 18.1 Å². The molecule has 4 nitrogen and oxygen atoms in total. The van der Waals surface area contributed by atoms with E-state index < -0.39 is 5.97 Å². The van der Waals surface area contributed by atoms with E-state index in [0.29, 0.717) is 10.9 Å². The number of pyridine rings is 1. The number of fused-ring (bicyclic) bond motifs is 1. The molecule has 1 heterocycles. The summed E-state index contributed by atoms with van der Waals surface area (Å²) in [7, 11) is 0. The van der Waals surface area contributed by atoms with Crippen LogP contribution in [0.25, 0.3) is 10.9 Å². The molecule has 100 valence electrons. The number of hydrogen-bond acceptors (Lipinski definition) is 4. The van der Waals surface area contributed by atoms with E-state index in [1.54, 1.807) is 36.0 Å². The molecule has 1 aromatic carbocycles. The van der Waals surface area contributed by atoms with Crippen molar-refractivity contribution in [3.63, 3.8) is 0 Å². The van der Waals surface area contributed by atoms with Crippen molar-refractivity contribution in [3.05, 3.63) is 35.9 Å². The number of carboxylic acid groups (broad SMARTS) is 1. The smallest absolute Gasteiger partial charge is 0.336 e. The minimum Gasteiger partial charge on any atom is -0.478 e. The molecule has 19 heavy (non-hydrogen) atoms. The van der Waals surface area contributed by atoms with E-state index in [4.69, 9.17) is 10.2 Å². The maximum Gasteiger partial charge on any atom is 0.336 e. The largest absolute Gasteiger partial charge is 0.478 e. The highest BCUT2D eigenvalue weighted by molar-refractivity contribution is 7.99. The van der Waals surface area contributed by atoms with Gasteiger partial charge in [0.05, 0.1) is 16.1 Å². The van der Waals surface area contributed by atoms with Crippen LogP contribution in [0, 0.1) is 5.92 Å². The van der Waals surface area contributed by atoms with Crippen LogP contribution in [0.2, 0.25) is 0 Å². The van der Waals surface area contributed by atoms with Crippen LogP contribution in [0.3, 0.4) is 0 Å². The molecule has 0 amide bonds. The summed E-state index contributed by atoms with van der Waals surface area (Å²) in [4.78, 5) is 15.5. The highest BCUT2D eigenvalue weighted by Crippen LogP contribution is 2.23. The fraction of sp³-hybridized carbons (Fsp3) is 0.286. The van der Waals surface area contributed by atoms with Crippen molar-refractivity contribution < 1.29 is 15.0 Å². The second-order valence-corrected chi connectivity index (χ2v) is 5.47. The SMILES string of the molecule is CC(CO)CSc1ccc2c(C(=O)O)cccc2n1. The van der Waals surface area contributed by atoms with Gasteiger partial charge in [-0.1, -0.05) is 13.0 Å². The maximum atomic E-state index is 11.1. The van der Waals surface area contributed by atoms with Crippen LogP contribution in [0.5, 0.6) is 0 Å². The summed E-state index contributed by atoms with van der Waals surface area (Å²) in [6.45, 7) is 2.13. The number of carboxylic acids is 1. The Bertz CT molecular complexity index is 600. The Hall–Kier alpha value is -1.59. The molecule has 2 rings (SSSR count). The third kappa shape index (κ3) is 3.24. The van der Waals surface area contributed by atoms with Crippen LogP contribution in [-0.4, -0.2) is 33.5 Å². The number of hydrogen-bond donors (Lipinski definition) is 2. The Kier molecular flexibility index (Phi) is 4.39. The molecule has 1 unspecified atom stereocenters. The van der Waals surface area contributed by atoms with Gasteiger partial charge in [-0.25, -0.2) is 9.78 Å². The van der Waals surface area contributed by atoms with Gasteiger partial charge in [0.25, 0.3) is 0 Å². The highest BCUT2D eigenvalue weighted by atomic mass is 32.2. The summed E-state index contributed by atoms with van der Waals surface area (Å²) < 4.78 is 0. The second-order valence-electron chi connectivity index (χ2n) is 4.43. The third-order valence-electron chi connectivity index (χ3n) is 2.76. The lowest BCUT2D eigenvalue weighted by atomic mass is 10.1. The van der Waals surface area contributed by atoms with Gasteiger partial charge >= 0.3 is 5.97 Å². The van der Waals surface area contributed by atoms with E-state index in [2.05, 4.69) is 4.98 Å². The molecule has 0 saturated carbocycles. The molecular formula is C14H15NO3S. The van der Waals surface area contributed by atoms with Crippen LogP contribution in [0.4, 0.5) is 0 Å². The molecule has 1 aromatic heterocycles. The minimum absolute atomic E-state index is 0.156. The zero-order chi connectivity index (χ0) is 13.8. The molecule has 0 radical (unpaired) electrons. The van der Waals surface area contributed by atoms with Gasteiger partial charge < -0.3 is 10.2 Å². The first-order valence-electron chi connectivity index (χ1n) is 5.98. The molecule has 0 aliphatic heterocycles. The van der Waals surface area contributed by atoms with Crippen molar-refractivity contribution in [2.75, 3.05) is 12.4 Å². The summed E-state index contributed by atoms with van der Waals surface area (Å²) in [6, 6.07) is 8.69. The van der Waals surface area contributed by atoms with E-state index in [1.807, 2.05) is 13.0 Å². The molecule has 1 atom stereocenters. The minimum atomic E-state index is -0.943. The van der Waals surface area contributed by atoms with Gasteiger partial charge in [0.2, 0.25) is 0 Å². The number of carbonyl (C=O) groups is 1. The molecular weight excluding hydrogens is 262 g/mol. The first kappa shape index (κ1) is 13.8. The maximum absolute atomic E-state index is 11.1. The molecule has 5 heteroatoms. The molecule has 0 aliphatic carbocycles. The van der Waals surface area contributed by atoms with E-state index in [0.717, 1.165) is 10.8 Å². The van der Waals surface area contributed by atoms with Gasteiger partial charge in [-0.15, -0.1) is 11.8 Å². The average Bonchev–Trinajstić information content (AvgIpc) is 2.43. The molecule has 0 spiro atoms. The van der Waals surface area contributed by atoms with Crippen LogP contribution in [-0.2, 0) is 0 Å². The van der Waals surface area contributed by atoms with E-state index in [1.165, 1.54) is 0 Å². The van der Waals surface area contributed by atoms with Crippen LogP contribution in [0.15, 0.2) is 35.4 Å². The van der Waals surface area contributed by atoms with Gasteiger partial charge in [0.15, 0.2) is 0 Å². The zero-order valence-corrected chi connectivity index (χ0v) is 11.4. The van der Waals surface area contributed by atoms with Gasteiger partial charge in [-0.2, -0.15) is 0 Å². The summed E-state index contributed by atoms with van der Waals surface area (Å²) in [5.41, 5.74) is 0.951. The molecule has 2 N–H and O–H groups in total. The van der Waals surface area contributed by atoms with Gasteiger partial charge in [-0.3, -0.25) is 0 Å². The fourth-order valence-electron chi connectivity index (χ4n) is 1.68. The number of rotatable bonds is 5. The average molecular weight is 277 g/mol. The Morgan fingerprint density at radius 3 is 2.84 bits per heavy atom. The number of thioether (sulfide) groups is 1. The number of aliphatic hydroxyl groups is 1. The van der Waals surface area contributed by atoms with Crippen molar-refractivity contribution in [1.82, 2.24) is 4.98 Å². The van der Waals surface area contributed by atoms with Gasteiger partial charge in [-0.05, 0) is 30.2 Å². The van der Waals surface area contributed by atoms with Crippen molar-refractivity contribution >= 4 is 28.6 Å². The number of aromatic nitrogens is 1. The quantitative estimate of drug-likeness (QED) is 0.822. The monoisotopic (exact) mass is 277 g/mol. The van der Waals surface area contributed by atoms with E-state index in [9.17, 15) is 4.79 Å². The summed E-state index contributed by atoms with van der Waals surface area (Å²) in [5, 5.41) is 19.6. The van der Waals surface area contributed by atoms with E-state index >= 15 is 0 Å². The molecule has 2 aromatic rings. The van der Waals surface area contributed by atoms with Crippen molar-refractivity contribution in [2.24, 2.45) is 5.92 Å². The number of aromatic carboxylic acids is 1. The first-order valence-corrected chi connectivity index (χ1v) is 6.97. The Morgan fingerprint density at radius 2 is 2.16 bits per heavy atom. The summed E-state index contributed by atoms with van der Waals surface area (Å²) in [5.74, 6) is 0.0581. The lowest BCUT2D eigenvalue weighted by Gasteiger charge is -2.08. The van der Waals surface area contributed by atoms with Crippen LogP contribution >= 0.6 is 11.8 Å². The summed E-state index contributed by atoms with van der Waals surface area (Å²) >= 11 is 1.56. The summed E-state index contributed by atoms with van der Waals surface area (Å²) in [6.07, 6.45) is 0. The third-order valence-corrected chi connectivity index (χ3v) is 4.02. The number of aliphatic hydroxyl groups excluding tert-OH is 1. The van der Waals surface area contributed by atoms with Gasteiger partial charge in [0, 0.05) is 17.7 Å². The van der Waals surface area contributed by atoms with Crippen LogP contribution in [0.1, 0.15) is 17.3 Å². The topological polar surface area (TPSA) is 70.4 Å². The Balaban J connectivity index is 2.29. The standard InChI is InChI=1S/C14H15NO3S/c1-9(7-16)8-19-13-6-5-10-11(14(17)18)3-2-4-12(10)15-13/h2-6,9,16H,7-8H2,1H3,(H,17,18). The second kappa shape index (κ2) is 6.04. The Labute approximate surface area is 115 Å². The highest BCUT2D eigenvalue weighted by Gasteiger charge is 2.09. The first-order chi connectivity index (χ1) is 9.11. The fourth-order valence-corrected chi connectivity index (χ4v) is 2.57.